The topological polar surface area (TPSA) is 100 Å². The van der Waals surface area contributed by atoms with E-state index in [1.807, 2.05) is 31.8 Å². The predicted molar refractivity (Wildman–Crippen MR) is 151 cm³/mol. The number of rotatable bonds is 21. The summed E-state index contributed by atoms with van der Waals surface area (Å²) in [6.45, 7) is 6.10. The largest absolute Gasteiger partial charge is 0.749 e. The van der Waals surface area contributed by atoms with Gasteiger partial charge in [0, 0.05) is 49.1 Å². The minimum atomic E-state index is -3.41. The van der Waals surface area contributed by atoms with Crippen molar-refractivity contribution in [2.45, 2.75) is 77.4 Å². The van der Waals surface area contributed by atoms with Crippen LogP contribution in [0.25, 0.3) is 0 Å². The molecular weight excluding hydrogens is 545 g/mol. The Balaban J connectivity index is 2.65. The van der Waals surface area contributed by atoms with E-state index in [-0.39, 0.29) is 5.97 Å². The molecule has 0 fully saturated rings. The van der Waals surface area contributed by atoms with E-state index in [1.165, 1.54) is 42.7 Å². The molecule has 0 atom stereocenters. The van der Waals surface area contributed by atoms with Crippen LogP contribution in [0, 0.1) is 0 Å². The van der Waals surface area contributed by atoms with Gasteiger partial charge in [-0.2, -0.15) is 0 Å². The maximum Gasteiger partial charge on any atom is 0.749 e. The van der Waals surface area contributed by atoms with Crippen LogP contribution >= 0.6 is 0 Å². The molecular formula is C25H48O10Si3. The van der Waals surface area contributed by atoms with Gasteiger partial charge in [-0.15, -0.1) is 0 Å². The van der Waals surface area contributed by atoms with Gasteiger partial charge in [0.05, 0.1) is 0 Å². The van der Waals surface area contributed by atoms with Crippen molar-refractivity contribution < 1.29 is 44.6 Å². The van der Waals surface area contributed by atoms with Crippen molar-refractivity contribution in [1.82, 2.24) is 0 Å². The number of hydrogen-bond donors (Lipinski definition) is 0. The third kappa shape index (κ3) is 12.3. The van der Waals surface area contributed by atoms with Crippen LogP contribution in [0.5, 0.6) is 11.5 Å². The summed E-state index contributed by atoms with van der Waals surface area (Å²) in [5.74, 6) is 0.725. The van der Waals surface area contributed by atoms with Crippen LogP contribution in [-0.2, 0) is 42.2 Å². The summed E-state index contributed by atoms with van der Waals surface area (Å²) < 4.78 is 50.1. The van der Waals surface area contributed by atoms with Crippen LogP contribution in [0.3, 0.4) is 0 Å². The van der Waals surface area contributed by atoms with Crippen LogP contribution in [-0.4, -0.2) is 75.0 Å². The van der Waals surface area contributed by atoms with Gasteiger partial charge in [0.15, 0.2) is 11.5 Å². The second-order valence-corrected chi connectivity index (χ2v) is 19.1. The Labute approximate surface area is 232 Å². The van der Waals surface area contributed by atoms with Gasteiger partial charge < -0.3 is 39.8 Å². The molecule has 13 heteroatoms. The summed E-state index contributed by atoms with van der Waals surface area (Å²) in [5.41, 5.74) is 1.08. The summed E-state index contributed by atoms with van der Waals surface area (Å²) >= 11 is 0. The lowest BCUT2D eigenvalue weighted by Gasteiger charge is -2.28. The van der Waals surface area contributed by atoms with Gasteiger partial charge in [0.2, 0.25) is 8.32 Å². The number of carbonyl (C=O) groups is 1. The Kier molecular flexibility index (Phi) is 15.9. The van der Waals surface area contributed by atoms with Gasteiger partial charge >= 0.3 is 18.1 Å². The molecule has 1 rings (SSSR count). The highest BCUT2D eigenvalue weighted by Crippen LogP contribution is 2.34. The molecule has 1 aromatic carbocycles. The van der Waals surface area contributed by atoms with Gasteiger partial charge in [-0.1, -0.05) is 38.2 Å². The van der Waals surface area contributed by atoms with Crippen molar-refractivity contribution in [3.8, 4) is 11.5 Å². The summed E-state index contributed by atoms with van der Waals surface area (Å²) in [4.78, 5) is 11.8. The van der Waals surface area contributed by atoms with E-state index in [4.69, 9.17) is 39.8 Å². The SMILES string of the molecule is CO[Si](OC)(OC)Oc1ccc(CCCCCCCCCC(=O)O[Si](C)(C)C)cc1O[Si](OC)(OC)OC. The second kappa shape index (κ2) is 17.4. The molecule has 0 unspecified atom stereocenters. The molecule has 38 heavy (non-hydrogen) atoms. The van der Waals surface area contributed by atoms with Crippen molar-refractivity contribution in [1.29, 1.82) is 0 Å². The summed E-state index contributed by atoms with van der Waals surface area (Å²) in [5, 5.41) is 0. The molecule has 220 valence electrons. The fourth-order valence-corrected chi connectivity index (χ4v) is 6.92. The minimum absolute atomic E-state index is 0.0509. The number of hydrogen-bond acceptors (Lipinski definition) is 10. The van der Waals surface area contributed by atoms with Crippen molar-refractivity contribution in [3.05, 3.63) is 23.8 Å². The quantitative estimate of drug-likeness (QED) is 0.139. The minimum Gasteiger partial charge on any atom is -0.520 e. The highest BCUT2D eigenvalue weighted by Gasteiger charge is 2.48. The summed E-state index contributed by atoms with van der Waals surface area (Å²) in [7, 11) is 0.243. The highest BCUT2D eigenvalue weighted by atomic mass is 28.4. The van der Waals surface area contributed by atoms with E-state index in [2.05, 4.69) is 0 Å². The molecule has 0 aliphatic heterocycles. The Bertz CT molecular complexity index is 795. The Hall–Kier alpha value is -1.30. The zero-order chi connectivity index (χ0) is 28.7. The maximum absolute atomic E-state index is 11.8. The van der Waals surface area contributed by atoms with E-state index in [1.54, 1.807) is 6.07 Å². The highest BCUT2D eigenvalue weighted by molar-refractivity contribution is 6.71. The fraction of sp³-hybridized carbons (Fsp3) is 0.720. The van der Waals surface area contributed by atoms with E-state index in [0.717, 1.165) is 56.9 Å². The molecule has 0 aromatic heterocycles. The van der Waals surface area contributed by atoms with Crippen molar-refractivity contribution in [2.75, 3.05) is 42.7 Å². The Morgan fingerprint density at radius 3 is 1.55 bits per heavy atom. The van der Waals surface area contributed by atoms with Crippen LogP contribution in [0.1, 0.15) is 56.9 Å². The summed E-state index contributed by atoms with van der Waals surface area (Å²) in [6, 6.07) is 5.68. The average molecular weight is 593 g/mol. The Morgan fingerprint density at radius 1 is 0.632 bits per heavy atom. The average Bonchev–Trinajstić information content (AvgIpc) is 2.89. The molecule has 0 heterocycles. The molecule has 0 amide bonds. The first-order valence-corrected chi connectivity index (χ1v) is 19.7. The second-order valence-electron chi connectivity index (χ2n) is 9.77. The van der Waals surface area contributed by atoms with Gasteiger partial charge in [0.25, 0.3) is 5.97 Å². The molecule has 0 aliphatic rings. The lowest BCUT2D eigenvalue weighted by atomic mass is 10.0. The zero-order valence-corrected chi connectivity index (χ0v) is 27.7. The van der Waals surface area contributed by atoms with Crippen molar-refractivity contribution >= 4 is 32.4 Å². The monoisotopic (exact) mass is 592 g/mol. The lowest BCUT2D eigenvalue weighted by molar-refractivity contribution is -0.135. The normalized spacial score (nSPS) is 12.4. The van der Waals surface area contributed by atoms with Crippen molar-refractivity contribution in [2.24, 2.45) is 0 Å². The molecule has 1 aromatic rings. The van der Waals surface area contributed by atoms with Gasteiger partial charge in [-0.3, -0.25) is 4.79 Å². The number of aryl methyl sites for hydroxylation is 1. The number of unbranched alkanes of at least 4 members (excludes halogenated alkanes) is 6. The summed E-state index contributed by atoms with van der Waals surface area (Å²) in [6.07, 6.45) is 8.96. The zero-order valence-electron chi connectivity index (χ0n) is 24.7. The molecule has 0 saturated heterocycles. The Morgan fingerprint density at radius 2 is 1.08 bits per heavy atom. The molecule has 10 nitrogen and oxygen atoms in total. The fourth-order valence-electron chi connectivity index (χ4n) is 3.77. The first-order chi connectivity index (χ1) is 18.0. The van der Waals surface area contributed by atoms with Crippen molar-refractivity contribution in [3.63, 3.8) is 0 Å². The van der Waals surface area contributed by atoms with Crippen LogP contribution in [0.2, 0.25) is 19.6 Å². The molecule has 0 radical (unpaired) electrons. The van der Waals surface area contributed by atoms with Crippen LogP contribution < -0.4 is 8.85 Å². The first kappa shape index (κ1) is 34.7. The van der Waals surface area contributed by atoms with E-state index in [9.17, 15) is 4.79 Å². The molecule has 0 saturated carbocycles. The van der Waals surface area contributed by atoms with E-state index in [0.29, 0.717) is 17.9 Å². The maximum atomic E-state index is 11.8. The third-order valence-electron chi connectivity index (χ3n) is 5.74. The first-order valence-electron chi connectivity index (χ1n) is 13.0. The molecule has 0 bridgehead atoms. The molecule has 0 aliphatic carbocycles. The smallest absolute Gasteiger partial charge is 0.520 e. The molecule has 0 spiro atoms. The van der Waals surface area contributed by atoms with E-state index >= 15 is 0 Å². The molecule has 0 N–H and O–H groups in total. The number of benzene rings is 1. The third-order valence-corrected chi connectivity index (χ3v) is 10.5. The van der Waals surface area contributed by atoms with Crippen LogP contribution in [0.15, 0.2) is 18.2 Å². The van der Waals surface area contributed by atoms with Gasteiger partial charge in [0.1, 0.15) is 0 Å². The lowest BCUT2D eigenvalue weighted by Crippen LogP contribution is -2.51. The van der Waals surface area contributed by atoms with Gasteiger partial charge in [-0.05, 0) is 56.6 Å². The van der Waals surface area contributed by atoms with Gasteiger partial charge in [-0.25, -0.2) is 0 Å². The number of carbonyl (C=O) groups excluding carboxylic acids is 1. The van der Waals surface area contributed by atoms with E-state index < -0.39 is 26.4 Å². The standard InChI is InChI=1S/C25H48O10Si3/c1-27-37(28-2,29-3)33-23-20-19-22(21-24(23)34-38(30-4,31-5)32-6)17-15-13-11-10-12-14-16-18-25(26)35-36(7,8)9/h19-21H,10-18H2,1-9H3. The van der Waals surface area contributed by atoms with Crippen LogP contribution in [0.4, 0.5) is 0 Å². The predicted octanol–water partition coefficient (Wildman–Crippen LogP) is 5.24.